The van der Waals surface area contributed by atoms with E-state index >= 15 is 0 Å². The molecule has 0 saturated heterocycles. The van der Waals surface area contributed by atoms with Crippen molar-refractivity contribution in [3.05, 3.63) is 47.7 Å². The fraction of sp³-hybridized carbons (Fsp3) is 0.438. The van der Waals surface area contributed by atoms with Crippen LogP contribution in [-0.4, -0.2) is 34.1 Å². The molecule has 0 spiro atoms. The summed E-state index contributed by atoms with van der Waals surface area (Å²) in [5.41, 5.74) is 1.08. The van der Waals surface area contributed by atoms with Crippen LogP contribution in [0.25, 0.3) is 0 Å². The van der Waals surface area contributed by atoms with Crippen molar-refractivity contribution in [1.82, 2.24) is 20.4 Å². The van der Waals surface area contributed by atoms with Gasteiger partial charge in [0.2, 0.25) is 17.7 Å². The summed E-state index contributed by atoms with van der Waals surface area (Å²) in [5, 5.41) is 10.8. The molecule has 2 rings (SSSR count). The molecule has 2 aromatic rings. The predicted octanol–water partition coefficient (Wildman–Crippen LogP) is 1.77. The molecule has 0 saturated carbocycles. The summed E-state index contributed by atoms with van der Waals surface area (Å²) < 4.78 is 5.47. The van der Waals surface area contributed by atoms with Gasteiger partial charge in [-0.25, -0.2) is 0 Å². The van der Waals surface area contributed by atoms with Crippen molar-refractivity contribution >= 4 is 5.91 Å². The van der Waals surface area contributed by atoms with Crippen molar-refractivity contribution in [3.8, 4) is 0 Å². The number of benzene rings is 1. The van der Waals surface area contributed by atoms with Gasteiger partial charge < -0.3 is 9.73 Å². The zero-order valence-corrected chi connectivity index (χ0v) is 13.2. The van der Waals surface area contributed by atoms with Gasteiger partial charge in [0.1, 0.15) is 0 Å². The first kappa shape index (κ1) is 16.2. The summed E-state index contributed by atoms with van der Waals surface area (Å²) in [7, 11) is 1.86. The van der Waals surface area contributed by atoms with E-state index < -0.39 is 0 Å². The molecule has 1 unspecified atom stereocenters. The third-order valence-corrected chi connectivity index (χ3v) is 3.55. The lowest BCUT2D eigenvalue weighted by Gasteiger charge is -2.22. The molecule has 0 aliphatic rings. The lowest BCUT2D eigenvalue weighted by molar-refractivity contribution is -0.125. The van der Waals surface area contributed by atoms with Crippen molar-refractivity contribution in [1.29, 1.82) is 0 Å². The van der Waals surface area contributed by atoms with Gasteiger partial charge in [-0.2, -0.15) is 0 Å². The average Bonchev–Trinajstić information content (AvgIpc) is 3.00. The molecule has 1 heterocycles. The Hall–Kier alpha value is -2.21. The lowest BCUT2D eigenvalue weighted by Crippen LogP contribution is -2.42. The largest absolute Gasteiger partial charge is 0.424 e. The van der Waals surface area contributed by atoms with E-state index in [1.54, 1.807) is 0 Å². The van der Waals surface area contributed by atoms with Gasteiger partial charge >= 0.3 is 0 Å². The van der Waals surface area contributed by atoms with Crippen LogP contribution in [-0.2, 0) is 24.3 Å². The van der Waals surface area contributed by atoms with Gasteiger partial charge in [-0.15, -0.1) is 10.2 Å². The first-order valence-corrected chi connectivity index (χ1v) is 7.43. The third kappa shape index (κ3) is 4.39. The Kier molecular flexibility index (Phi) is 5.66. The van der Waals surface area contributed by atoms with E-state index in [4.69, 9.17) is 4.42 Å². The molecule has 0 fully saturated rings. The number of hydrogen-bond donors (Lipinski definition) is 1. The van der Waals surface area contributed by atoms with Crippen molar-refractivity contribution < 1.29 is 9.21 Å². The van der Waals surface area contributed by atoms with E-state index in [0.717, 1.165) is 5.56 Å². The summed E-state index contributed by atoms with van der Waals surface area (Å²) in [4.78, 5) is 14.1. The van der Waals surface area contributed by atoms with Gasteiger partial charge in [-0.05, 0) is 19.5 Å². The molecule has 1 aromatic carbocycles. The number of aryl methyl sites for hydroxylation is 1. The van der Waals surface area contributed by atoms with E-state index in [0.29, 0.717) is 31.3 Å². The summed E-state index contributed by atoms with van der Waals surface area (Å²) in [6.07, 6.45) is 0.712. The van der Waals surface area contributed by atoms with E-state index in [9.17, 15) is 4.79 Å². The molecule has 0 bridgehead atoms. The van der Waals surface area contributed by atoms with Crippen LogP contribution in [0, 0.1) is 0 Å². The molecule has 0 radical (unpaired) electrons. The van der Waals surface area contributed by atoms with Crippen LogP contribution >= 0.6 is 0 Å². The summed E-state index contributed by atoms with van der Waals surface area (Å²) in [6.45, 7) is 4.80. The highest BCUT2D eigenvalue weighted by Crippen LogP contribution is 2.07. The number of nitrogens with one attached hydrogen (secondary N) is 1. The van der Waals surface area contributed by atoms with E-state index in [2.05, 4.69) is 15.5 Å². The maximum absolute atomic E-state index is 12.2. The fourth-order valence-corrected chi connectivity index (χ4v) is 1.98. The molecular formula is C16H22N4O2. The Morgan fingerprint density at radius 2 is 1.95 bits per heavy atom. The third-order valence-electron chi connectivity index (χ3n) is 3.55. The molecule has 6 nitrogen and oxygen atoms in total. The highest BCUT2D eigenvalue weighted by atomic mass is 16.4. The number of carbonyl (C=O) groups is 1. The zero-order valence-electron chi connectivity index (χ0n) is 13.2. The van der Waals surface area contributed by atoms with E-state index in [-0.39, 0.29) is 11.9 Å². The maximum atomic E-state index is 12.2. The van der Waals surface area contributed by atoms with Crippen molar-refractivity contribution in [2.75, 3.05) is 7.05 Å². The fourth-order valence-electron chi connectivity index (χ4n) is 1.98. The SMILES string of the molecule is CCc1nnc(CN(C)C(C)C(=O)NCc2ccccc2)o1. The van der Waals surface area contributed by atoms with Crippen LogP contribution in [0.3, 0.4) is 0 Å². The monoisotopic (exact) mass is 302 g/mol. The Morgan fingerprint density at radius 1 is 1.27 bits per heavy atom. The highest BCUT2D eigenvalue weighted by molar-refractivity contribution is 5.81. The second-order valence-corrected chi connectivity index (χ2v) is 5.24. The van der Waals surface area contributed by atoms with E-state index in [1.807, 2.05) is 56.1 Å². The van der Waals surface area contributed by atoms with Gasteiger partial charge in [0, 0.05) is 13.0 Å². The summed E-state index contributed by atoms with van der Waals surface area (Å²) in [5.74, 6) is 1.12. The average molecular weight is 302 g/mol. The van der Waals surface area contributed by atoms with Crippen molar-refractivity contribution in [2.24, 2.45) is 0 Å². The zero-order chi connectivity index (χ0) is 15.9. The number of carbonyl (C=O) groups excluding carboxylic acids is 1. The highest BCUT2D eigenvalue weighted by Gasteiger charge is 2.19. The molecule has 1 amide bonds. The van der Waals surface area contributed by atoms with Crippen LogP contribution in [0.5, 0.6) is 0 Å². The molecule has 0 aliphatic carbocycles. The summed E-state index contributed by atoms with van der Waals surface area (Å²) in [6, 6.07) is 9.56. The Labute approximate surface area is 130 Å². The van der Waals surface area contributed by atoms with Crippen LogP contribution < -0.4 is 5.32 Å². The lowest BCUT2D eigenvalue weighted by atomic mass is 10.2. The Bertz CT molecular complexity index is 597. The topological polar surface area (TPSA) is 71.3 Å². The minimum absolute atomic E-state index is 0.0263. The van der Waals surface area contributed by atoms with Crippen molar-refractivity contribution in [3.63, 3.8) is 0 Å². The Morgan fingerprint density at radius 3 is 2.59 bits per heavy atom. The normalized spacial score (nSPS) is 12.4. The molecule has 22 heavy (non-hydrogen) atoms. The second-order valence-electron chi connectivity index (χ2n) is 5.24. The molecule has 6 heteroatoms. The molecule has 1 aromatic heterocycles. The predicted molar refractivity (Wildman–Crippen MR) is 82.9 cm³/mol. The summed E-state index contributed by atoms with van der Waals surface area (Å²) >= 11 is 0. The smallest absolute Gasteiger partial charge is 0.237 e. The minimum Gasteiger partial charge on any atom is -0.424 e. The molecule has 0 aliphatic heterocycles. The van der Waals surface area contributed by atoms with Gasteiger partial charge in [0.15, 0.2) is 0 Å². The first-order valence-electron chi connectivity index (χ1n) is 7.43. The van der Waals surface area contributed by atoms with Crippen LogP contribution in [0.2, 0.25) is 0 Å². The molecule has 1 atom stereocenters. The van der Waals surface area contributed by atoms with Crippen LogP contribution in [0.4, 0.5) is 0 Å². The number of aromatic nitrogens is 2. The van der Waals surface area contributed by atoms with E-state index in [1.165, 1.54) is 0 Å². The van der Waals surface area contributed by atoms with Gasteiger partial charge in [-0.3, -0.25) is 9.69 Å². The number of likely N-dealkylation sites (N-methyl/N-ethyl adjacent to an activating group) is 1. The molecule has 118 valence electrons. The van der Waals surface area contributed by atoms with Gasteiger partial charge in [0.25, 0.3) is 0 Å². The molecule has 1 N–H and O–H groups in total. The second kappa shape index (κ2) is 7.70. The quantitative estimate of drug-likeness (QED) is 0.844. The number of amides is 1. The standard InChI is InChI=1S/C16H22N4O2/c1-4-14-18-19-15(22-14)11-20(3)12(2)16(21)17-10-13-8-6-5-7-9-13/h5-9,12H,4,10-11H2,1-3H3,(H,17,21). The first-order chi connectivity index (χ1) is 10.6. The molecular weight excluding hydrogens is 280 g/mol. The van der Waals surface area contributed by atoms with Gasteiger partial charge in [0.05, 0.1) is 12.6 Å². The number of hydrogen-bond acceptors (Lipinski definition) is 5. The Balaban J connectivity index is 1.83. The number of nitrogens with zero attached hydrogens (tertiary/aromatic N) is 3. The van der Waals surface area contributed by atoms with Crippen LogP contribution in [0.15, 0.2) is 34.7 Å². The minimum atomic E-state index is -0.277. The van der Waals surface area contributed by atoms with Gasteiger partial charge in [-0.1, -0.05) is 37.3 Å². The maximum Gasteiger partial charge on any atom is 0.237 e. The van der Waals surface area contributed by atoms with Crippen molar-refractivity contribution in [2.45, 2.75) is 39.4 Å². The van der Waals surface area contributed by atoms with Crippen LogP contribution in [0.1, 0.15) is 31.2 Å². The number of rotatable bonds is 7.